The summed E-state index contributed by atoms with van der Waals surface area (Å²) in [4.78, 5) is 4.98. The number of aliphatic hydroxyl groups excluding tert-OH is 1. The molecule has 0 saturated carbocycles. The molecule has 2 N–H and O–H groups in total. The van der Waals surface area contributed by atoms with Crippen molar-refractivity contribution in [1.82, 2.24) is 15.1 Å². The van der Waals surface area contributed by atoms with E-state index in [0.717, 1.165) is 39.1 Å². The van der Waals surface area contributed by atoms with Gasteiger partial charge in [-0.3, -0.25) is 4.90 Å². The van der Waals surface area contributed by atoms with E-state index >= 15 is 0 Å². The number of benzene rings is 1. The van der Waals surface area contributed by atoms with Crippen LogP contribution in [0.1, 0.15) is 18.0 Å². The molecule has 0 spiro atoms. The van der Waals surface area contributed by atoms with Gasteiger partial charge in [0.15, 0.2) is 0 Å². The molecule has 2 saturated heterocycles. The van der Waals surface area contributed by atoms with E-state index in [4.69, 9.17) is 0 Å². The van der Waals surface area contributed by atoms with Crippen molar-refractivity contribution < 1.29 is 5.11 Å². The molecular weight excluding hydrogens is 250 g/mol. The summed E-state index contributed by atoms with van der Waals surface area (Å²) in [6.07, 6.45) is 0.719. The molecule has 0 radical (unpaired) electrons. The lowest BCUT2D eigenvalue weighted by atomic mass is 10.0. The number of β-amino-alcohol motifs (C(OH)–C–C–N with tert-alkyl or cyclic N) is 1. The average molecular weight is 275 g/mol. The molecule has 2 fully saturated rings. The first-order valence-electron chi connectivity index (χ1n) is 7.61. The van der Waals surface area contributed by atoms with Gasteiger partial charge in [-0.25, -0.2) is 0 Å². The Kier molecular flexibility index (Phi) is 4.36. The van der Waals surface area contributed by atoms with E-state index in [1.54, 1.807) is 0 Å². The van der Waals surface area contributed by atoms with E-state index in [-0.39, 0.29) is 6.10 Å². The molecule has 0 amide bonds. The fourth-order valence-electron chi connectivity index (χ4n) is 3.39. The maximum absolute atomic E-state index is 9.66. The Morgan fingerprint density at radius 2 is 2.05 bits per heavy atom. The van der Waals surface area contributed by atoms with Gasteiger partial charge in [-0.15, -0.1) is 0 Å². The average Bonchev–Trinajstić information content (AvgIpc) is 2.87. The van der Waals surface area contributed by atoms with Crippen LogP contribution in [-0.4, -0.2) is 66.8 Å². The molecular formula is C16H25N3O. The number of piperazine rings is 1. The summed E-state index contributed by atoms with van der Waals surface area (Å²) < 4.78 is 0. The highest BCUT2D eigenvalue weighted by Crippen LogP contribution is 2.25. The molecule has 2 aliphatic rings. The van der Waals surface area contributed by atoms with Crippen LogP contribution in [0.4, 0.5) is 0 Å². The first-order valence-corrected chi connectivity index (χ1v) is 7.61. The van der Waals surface area contributed by atoms with Crippen LogP contribution in [0.3, 0.4) is 0 Å². The third-order valence-corrected chi connectivity index (χ3v) is 4.53. The Bertz CT molecular complexity index is 425. The summed E-state index contributed by atoms with van der Waals surface area (Å²) in [5, 5.41) is 13.1. The van der Waals surface area contributed by atoms with E-state index in [0.29, 0.717) is 12.1 Å². The second-order valence-corrected chi connectivity index (χ2v) is 6.18. The standard InChI is InChI=1S/C16H25N3O/c1-18-7-8-19(11-14-9-15(20)10-17-14)16(12-18)13-5-3-2-4-6-13/h2-6,14-17,20H,7-12H2,1H3. The fourth-order valence-corrected chi connectivity index (χ4v) is 3.39. The Labute approximate surface area is 121 Å². The van der Waals surface area contributed by atoms with Gasteiger partial charge in [-0.05, 0) is 19.0 Å². The largest absolute Gasteiger partial charge is 0.392 e. The summed E-state index contributed by atoms with van der Waals surface area (Å²) >= 11 is 0. The molecule has 0 aromatic heterocycles. The fraction of sp³-hybridized carbons (Fsp3) is 0.625. The molecule has 20 heavy (non-hydrogen) atoms. The lowest BCUT2D eigenvalue weighted by molar-refractivity contribution is 0.0807. The quantitative estimate of drug-likeness (QED) is 0.852. The zero-order chi connectivity index (χ0) is 13.9. The van der Waals surface area contributed by atoms with Crippen LogP contribution in [-0.2, 0) is 0 Å². The molecule has 0 aliphatic carbocycles. The highest BCUT2D eigenvalue weighted by atomic mass is 16.3. The molecule has 110 valence electrons. The van der Waals surface area contributed by atoms with Crippen molar-refractivity contribution in [2.75, 3.05) is 39.8 Å². The second-order valence-electron chi connectivity index (χ2n) is 6.18. The number of hydrogen-bond acceptors (Lipinski definition) is 4. The molecule has 3 rings (SSSR count). The topological polar surface area (TPSA) is 38.7 Å². The lowest BCUT2D eigenvalue weighted by Gasteiger charge is -2.41. The normalized spacial score (nSPS) is 32.6. The van der Waals surface area contributed by atoms with Gasteiger partial charge in [0.05, 0.1) is 6.10 Å². The Balaban J connectivity index is 1.70. The summed E-state index contributed by atoms with van der Waals surface area (Å²) in [6.45, 7) is 5.08. The Hall–Kier alpha value is -0.940. The van der Waals surface area contributed by atoms with Crippen LogP contribution in [0.15, 0.2) is 30.3 Å². The maximum atomic E-state index is 9.66. The van der Waals surface area contributed by atoms with Crippen molar-refractivity contribution in [3.05, 3.63) is 35.9 Å². The van der Waals surface area contributed by atoms with Crippen molar-refractivity contribution in [2.24, 2.45) is 0 Å². The van der Waals surface area contributed by atoms with Crippen molar-refractivity contribution in [3.63, 3.8) is 0 Å². The monoisotopic (exact) mass is 275 g/mol. The summed E-state index contributed by atoms with van der Waals surface area (Å²) in [5.41, 5.74) is 1.40. The van der Waals surface area contributed by atoms with E-state index in [1.165, 1.54) is 5.56 Å². The predicted molar refractivity (Wildman–Crippen MR) is 80.7 cm³/mol. The number of likely N-dealkylation sites (N-methyl/N-ethyl adjacent to an activating group) is 1. The van der Waals surface area contributed by atoms with Gasteiger partial charge in [-0.2, -0.15) is 0 Å². The highest BCUT2D eigenvalue weighted by molar-refractivity contribution is 5.20. The number of nitrogens with zero attached hydrogens (tertiary/aromatic N) is 2. The smallest absolute Gasteiger partial charge is 0.0680 e. The molecule has 0 bridgehead atoms. The van der Waals surface area contributed by atoms with Gasteiger partial charge in [-0.1, -0.05) is 30.3 Å². The SMILES string of the molecule is CN1CCN(CC2CC(O)CN2)C(c2ccccc2)C1. The van der Waals surface area contributed by atoms with Crippen LogP contribution in [0.2, 0.25) is 0 Å². The molecule has 3 atom stereocenters. The van der Waals surface area contributed by atoms with E-state index in [1.807, 2.05) is 0 Å². The molecule has 3 unspecified atom stereocenters. The number of hydrogen-bond donors (Lipinski definition) is 2. The minimum atomic E-state index is -0.164. The van der Waals surface area contributed by atoms with Crippen LogP contribution >= 0.6 is 0 Å². The zero-order valence-electron chi connectivity index (χ0n) is 12.2. The first-order chi connectivity index (χ1) is 9.72. The molecule has 2 aliphatic heterocycles. The minimum Gasteiger partial charge on any atom is -0.392 e. The molecule has 1 aromatic rings. The van der Waals surface area contributed by atoms with Gasteiger partial charge in [0.2, 0.25) is 0 Å². The second kappa shape index (κ2) is 6.22. The van der Waals surface area contributed by atoms with Crippen molar-refractivity contribution >= 4 is 0 Å². The third kappa shape index (κ3) is 3.20. The van der Waals surface area contributed by atoms with Gasteiger partial charge in [0.1, 0.15) is 0 Å². The molecule has 2 heterocycles. The third-order valence-electron chi connectivity index (χ3n) is 4.53. The van der Waals surface area contributed by atoms with E-state index in [9.17, 15) is 5.11 Å². The molecule has 1 aromatic carbocycles. The van der Waals surface area contributed by atoms with E-state index in [2.05, 4.69) is 52.5 Å². The molecule has 4 heteroatoms. The van der Waals surface area contributed by atoms with Crippen LogP contribution in [0.25, 0.3) is 0 Å². The predicted octanol–water partition coefficient (Wildman–Crippen LogP) is 0.698. The van der Waals surface area contributed by atoms with Crippen molar-refractivity contribution in [1.29, 1.82) is 0 Å². The Morgan fingerprint density at radius 3 is 2.75 bits per heavy atom. The van der Waals surface area contributed by atoms with Gasteiger partial charge >= 0.3 is 0 Å². The first kappa shape index (κ1) is 14.0. The summed E-state index contributed by atoms with van der Waals surface area (Å²) in [5.74, 6) is 0. The lowest BCUT2D eigenvalue weighted by Crippen LogP contribution is -2.50. The van der Waals surface area contributed by atoms with Crippen LogP contribution in [0.5, 0.6) is 0 Å². The van der Waals surface area contributed by atoms with Crippen molar-refractivity contribution in [2.45, 2.75) is 24.6 Å². The molecule has 4 nitrogen and oxygen atoms in total. The summed E-state index contributed by atoms with van der Waals surface area (Å²) in [6, 6.07) is 11.7. The zero-order valence-corrected chi connectivity index (χ0v) is 12.2. The maximum Gasteiger partial charge on any atom is 0.0680 e. The van der Waals surface area contributed by atoms with Gasteiger partial charge < -0.3 is 15.3 Å². The van der Waals surface area contributed by atoms with E-state index < -0.39 is 0 Å². The number of rotatable bonds is 3. The van der Waals surface area contributed by atoms with Crippen LogP contribution < -0.4 is 5.32 Å². The van der Waals surface area contributed by atoms with Crippen molar-refractivity contribution in [3.8, 4) is 0 Å². The van der Waals surface area contributed by atoms with Crippen LogP contribution in [0, 0.1) is 0 Å². The number of aliphatic hydroxyl groups is 1. The minimum absolute atomic E-state index is 0.164. The number of nitrogens with one attached hydrogen (secondary N) is 1. The summed E-state index contributed by atoms with van der Waals surface area (Å²) in [7, 11) is 2.20. The van der Waals surface area contributed by atoms with Gasteiger partial charge in [0.25, 0.3) is 0 Å². The highest BCUT2D eigenvalue weighted by Gasteiger charge is 2.30. The van der Waals surface area contributed by atoms with Gasteiger partial charge in [0, 0.05) is 44.8 Å². The Morgan fingerprint density at radius 1 is 1.25 bits per heavy atom.